The monoisotopic (exact) mass is 582 g/mol. The Kier molecular flexibility index (Phi) is 7.00. The van der Waals surface area contributed by atoms with Crippen LogP contribution in [0.4, 0.5) is 10.5 Å². The minimum atomic E-state index is -0.793. The number of hydrogen-bond donors (Lipinski definition) is 1. The van der Waals surface area contributed by atoms with Gasteiger partial charge in [-0.3, -0.25) is 14.9 Å². The third-order valence-corrected chi connectivity index (χ3v) is 6.67. The SMILES string of the molecule is Cc1ccc(COc2ccc(Br)cc2/C=C2\C(=O)NC(=O)N(c3ccc(Br)c(C)c3)C2=O)cc1. The number of halogens is 2. The van der Waals surface area contributed by atoms with E-state index in [1.807, 2.05) is 44.2 Å². The number of carbonyl (C=O) groups excluding carboxylic acids is 3. The highest BCUT2D eigenvalue weighted by Crippen LogP contribution is 2.30. The number of aryl methyl sites for hydroxylation is 2. The number of urea groups is 1. The van der Waals surface area contributed by atoms with E-state index >= 15 is 0 Å². The molecule has 0 saturated carbocycles. The molecule has 1 heterocycles. The fraction of sp³-hybridized carbons (Fsp3) is 0.115. The van der Waals surface area contributed by atoms with Crippen LogP contribution in [0.3, 0.4) is 0 Å². The van der Waals surface area contributed by atoms with Crippen molar-refractivity contribution in [3.05, 3.63) is 97.4 Å². The fourth-order valence-electron chi connectivity index (χ4n) is 3.42. The Morgan fingerprint density at radius 1 is 0.941 bits per heavy atom. The number of carbonyl (C=O) groups is 3. The fourth-order valence-corrected chi connectivity index (χ4v) is 4.05. The number of benzene rings is 3. The lowest BCUT2D eigenvalue weighted by molar-refractivity contribution is -0.122. The molecule has 0 spiro atoms. The van der Waals surface area contributed by atoms with Crippen LogP contribution in [0.2, 0.25) is 0 Å². The van der Waals surface area contributed by atoms with Crippen molar-refractivity contribution < 1.29 is 19.1 Å². The Labute approximate surface area is 213 Å². The first-order valence-corrected chi connectivity index (χ1v) is 12.0. The number of nitrogens with zero attached hydrogens (tertiary/aromatic N) is 1. The minimum Gasteiger partial charge on any atom is -0.488 e. The molecule has 4 amide bonds. The first-order chi connectivity index (χ1) is 16.2. The summed E-state index contributed by atoms with van der Waals surface area (Å²) in [7, 11) is 0. The van der Waals surface area contributed by atoms with Gasteiger partial charge >= 0.3 is 6.03 Å². The summed E-state index contributed by atoms with van der Waals surface area (Å²) < 4.78 is 7.59. The van der Waals surface area contributed by atoms with E-state index in [1.54, 1.807) is 30.3 Å². The van der Waals surface area contributed by atoms with Gasteiger partial charge in [-0.05, 0) is 67.4 Å². The van der Waals surface area contributed by atoms with Crippen molar-refractivity contribution in [2.75, 3.05) is 4.90 Å². The lowest BCUT2D eigenvalue weighted by Gasteiger charge is -2.27. The number of amides is 4. The molecule has 0 bridgehead atoms. The van der Waals surface area contributed by atoms with Gasteiger partial charge in [0.05, 0.1) is 5.69 Å². The van der Waals surface area contributed by atoms with Crippen molar-refractivity contribution in [3.8, 4) is 5.75 Å². The summed E-state index contributed by atoms with van der Waals surface area (Å²) in [5.74, 6) is -0.968. The number of nitrogens with one attached hydrogen (secondary N) is 1. The van der Waals surface area contributed by atoms with Gasteiger partial charge in [-0.2, -0.15) is 0 Å². The van der Waals surface area contributed by atoms with Crippen LogP contribution >= 0.6 is 31.9 Å². The molecule has 1 aliphatic heterocycles. The summed E-state index contributed by atoms with van der Waals surface area (Å²) >= 11 is 6.84. The molecule has 1 saturated heterocycles. The summed E-state index contributed by atoms with van der Waals surface area (Å²) in [6.07, 6.45) is 1.44. The number of rotatable bonds is 5. The zero-order chi connectivity index (χ0) is 24.4. The zero-order valence-electron chi connectivity index (χ0n) is 18.4. The van der Waals surface area contributed by atoms with E-state index in [1.165, 1.54) is 6.08 Å². The molecule has 172 valence electrons. The Morgan fingerprint density at radius 3 is 2.38 bits per heavy atom. The number of hydrogen-bond acceptors (Lipinski definition) is 4. The van der Waals surface area contributed by atoms with E-state index in [4.69, 9.17) is 4.74 Å². The van der Waals surface area contributed by atoms with Crippen LogP contribution in [-0.2, 0) is 16.2 Å². The van der Waals surface area contributed by atoms with Gasteiger partial charge in [0.25, 0.3) is 11.8 Å². The van der Waals surface area contributed by atoms with Gasteiger partial charge in [-0.15, -0.1) is 0 Å². The van der Waals surface area contributed by atoms with E-state index in [-0.39, 0.29) is 5.57 Å². The molecule has 34 heavy (non-hydrogen) atoms. The van der Waals surface area contributed by atoms with Crippen molar-refractivity contribution in [3.63, 3.8) is 0 Å². The third kappa shape index (κ3) is 5.13. The Morgan fingerprint density at radius 2 is 1.68 bits per heavy atom. The predicted molar refractivity (Wildman–Crippen MR) is 138 cm³/mol. The molecule has 1 aliphatic rings. The first kappa shape index (κ1) is 23.9. The maximum absolute atomic E-state index is 13.3. The molecule has 1 fully saturated rings. The van der Waals surface area contributed by atoms with Crippen LogP contribution in [0.5, 0.6) is 5.75 Å². The van der Waals surface area contributed by atoms with Gasteiger partial charge in [0, 0.05) is 14.5 Å². The summed E-state index contributed by atoms with van der Waals surface area (Å²) in [6, 6.07) is 17.6. The van der Waals surface area contributed by atoms with Crippen LogP contribution in [0, 0.1) is 13.8 Å². The van der Waals surface area contributed by atoms with Gasteiger partial charge in [0.2, 0.25) is 0 Å². The number of barbiturate groups is 1. The predicted octanol–water partition coefficient (Wildman–Crippen LogP) is 6.07. The van der Waals surface area contributed by atoms with E-state index in [0.717, 1.165) is 30.5 Å². The highest BCUT2D eigenvalue weighted by molar-refractivity contribution is 9.10. The molecule has 3 aromatic carbocycles. The molecule has 4 rings (SSSR count). The van der Waals surface area contributed by atoms with Crippen molar-refractivity contribution in [2.24, 2.45) is 0 Å². The van der Waals surface area contributed by atoms with Crippen LogP contribution in [0.1, 0.15) is 22.3 Å². The smallest absolute Gasteiger partial charge is 0.335 e. The van der Waals surface area contributed by atoms with E-state index < -0.39 is 17.8 Å². The summed E-state index contributed by atoms with van der Waals surface area (Å²) in [5.41, 5.74) is 3.71. The number of imide groups is 2. The quantitative estimate of drug-likeness (QED) is 0.292. The summed E-state index contributed by atoms with van der Waals surface area (Å²) in [6.45, 7) is 4.18. The number of ether oxygens (including phenoxy) is 1. The molecule has 0 aliphatic carbocycles. The highest BCUT2D eigenvalue weighted by atomic mass is 79.9. The Balaban J connectivity index is 1.67. The molecule has 0 radical (unpaired) electrons. The van der Waals surface area contributed by atoms with E-state index in [9.17, 15) is 14.4 Å². The maximum Gasteiger partial charge on any atom is 0.335 e. The highest BCUT2D eigenvalue weighted by Gasteiger charge is 2.37. The molecule has 8 heteroatoms. The van der Waals surface area contributed by atoms with Crippen LogP contribution in [0.25, 0.3) is 6.08 Å². The first-order valence-electron chi connectivity index (χ1n) is 10.4. The molecule has 3 aromatic rings. The van der Waals surface area contributed by atoms with Crippen LogP contribution in [0.15, 0.2) is 75.2 Å². The topological polar surface area (TPSA) is 75.7 Å². The minimum absolute atomic E-state index is 0.168. The average Bonchev–Trinajstić information content (AvgIpc) is 2.79. The third-order valence-electron chi connectivity index (χ3n) is 5.29. The second-order valence-electron chi connectivity index (χ2n) is 7.85. The standard InChI is InChI=1S/C26H20Br2N2O4/c1-15-3-5-17(6-4-15)14-34-23-10-7-19(27)12-18(23)13-21-24(31)29-26(33)30(25(21)32)20-8-9-22(28)16(2)11-20/h3-13H,14H2,1-2H3,(H,29,31,33)/b21-13+. The summed E-state index contributed by atoms with van der Waals surface area (Å²) in [5, 5.41) is 2.25. The van der Waals surface area contributed by atoms with E-state index in [2.05, 4.69) is 37.2 Å². The second kappa shape index (κ2) is 9.95. The molecule has 6 nitrogen and oxygen atoms in total. The molecule has 0 aromatic heterocycles. The molecular formula is C26H20Br2N2O4. The van der Waals surface area contributed by atoms with Gasteiger partial charge in [-0.25, -0.2) is 9.69 Å². The largest absolute Gasteiger partial charge is 0.488 e. The second-order valence-corrected chi connectivity index (χ2v) is 9.62. The molecular weight excluding hydrogens is 564 g/mol. The van der Waals surface area contributed by atoms with Gasteiger partial charge in [0.1, 0.15) is 17.9 Å². The van der Waals surface area contributed by atoms with Crippen molar-refractivity contribution in [2.45, 2.75) is 20.5 Å². The van der Waals surface area contributed by atoms with Crippen LogP contribution in [-0.4, -0.2) is 17.8 Å². The lowest BCUT2D eigenvalue weighted by atomic mass is 10.1. The lowest BCUT2D eigenvalue weighted by Crippen LogP contribution is -2.54. The Hall–Kier alpha value is -3.23. The Bertz CT molecular complexity index is 1330. The van der Waals surface area contributed by atoms with Gasteiger partial charge in [0.15, 0.2) is 0 Å². The summed E-state index contributed by atoms with van der Waals surface area (Å²) in [4.78, 5) is 39.4. The van der Waals surface area contributed by atoms with Crippen molar-refractivity contribution in [1.29, 1.82) is 0 Å². The number of anilines is 1. The average molecular weight is 584 g/mol. The molecule has 1 N–H and O–H groups in total. The zero-order valence-corrected chi connectivity index (χ0v) is 21.6. The van der Waals surface area contributed by atoms with Gasteiger partial charge in [-0.1, -0.05) is 61.7 Å². The van der Waals surface area contributed by atoms with Crippen LogP contribution < -0.4 is 15.0 Å². The maximum atomic E-state index is 13.3. The molecule has 0 atom stereocenters. The van der Waals surface area contributed by atoms with Crippen molar-refractivity contribution >= 4 is 61.5 Å². The van der Waals surface area contributed by atoms with Crippen molar-refractivity contribution in [1.82, 2.24) is 5.32 Å². The molecule has 0 unspecified atom stereocenters. The van der Waals surface area contributed by atoms with E-state index in [0.29, 0.717) is 23.6 Å². The normalized spacial score (nSPS) is 15.0. The van der Waals surface area contributed by atoms with Gasteiger partial charge < -0.3 is 4.74 Å².